The number of benzene rings is 1. The molecule has 0 amide bonds. The second-order valence-corrected chi connectivity index (χ2v) is 6.63. The van der Waals surface area contributed by atoms with Crippen LogP contribution in [0.1, 0.15) is 51.6 Å². The van der Waals surface area contributed by atoms with Gasteiger partial charge in [0.05, 0.1) is 14.2 Å². The molecule has 1 N–H and O–H groups in total. The van der Waals surface area contributed by atoms with Gasteiger partial charge >= 0.3 is 0 Å². The molecule has 0 saturated heterocycles. The molecule has 0 bridgehead atoms. The molecule has 1 fully saturated rings. The van der Waals surface area contributed by atoms with Crippen molar-refractivity contribution in [2.45, 2.75) is 46.1 Å². The number of nitrogens with one attached hydrogen (secondary N) is 1. The second kappa shape index (κ2) is 6.69. The van der Waals surface area contributed by atoms with E-state index in [4.69, 9.17) is 9.47 Å². The summed E-state index contributed by atoms with van der Waals surface area (Å²) in [5, 5.41) is 3.69. The van der Waals surface area contributed by atoms with Crippen molar-refractivity contribution in [1.82, 2.24) is 5.32 Å². The largest absolute Gasteiger partial charge is 0.497 e. The quantitative estimate of drug-likeness (QED) is 0.853. The fourth-order valence-corrected chi connectivity index (χ4v) is 3.74. The van der Waals surface area contributed by atoms with Crippen LogP contribution < -0.4 is 14.8 Å². The summed E-state index contributed by atoms with van der Waals surface area (Å²) in [5.41, 5.74) is 1.58. The normalized spacial score (nSPS) is 22.0. The van der Waals surface area contributed by atoms with E-state index in [2.05, 4.69) is 32.2 Å². The maximum Gasteiger partial charge on any atom is 0.123 e. The molecule has 1 aliphatic rings. The van der Waals surface area contributed by atoms with Crippen LogP contribution in [0.5, 0.6) is 11.5 Å². The molecule has 21 heavy (non-hydrogen) atoms. The minimum Gasteiger partial charge on any atom is -0.497 e. The summed E-state index contributed by atoms with van der Waals surface area (Å²) in [6.07, 6.45) is 3.88. The van der Waals surface area contributed by atoms with E-state index in [9.17, 15) is 0 Å². The molecule has 1 aliphatic carbocycles. The molecule has 3 nitrogen and oxygen atoms in total. The molecule has 118 valence electrons. The number of methoxy groups -OCH3 is 2. The van der Waals surface area contributed by atoms with E-state index in [1.165, 1.54) is 24.8 Å². The Balaban J connectivity index is 2.42. The smallest absolute Gasteiger partial charge is 0.123 e. The molecule has 3 heteroatoms. The van der Waals surface area contributed by atoms with Crippen molar-refractivity contribution < 1.29 is 9.47 Å². The molecule has 0 radical (unpaired) electrons. The van der Waals surface area contributed by atoms with Crippen LogP contribution in [0, 0.1) is 11.3 Å². The lowest BCUT2D eigenvalue weighted by Gasteiger charge is -2.35. The number of hydrogen-bond donors (Lipinski definition) is 1. The third kappa shape index (κ3) is 3.34. The van der Waals surface area contributed by atoms with Crippen LogP contribution in [0.25, 0.3) is 0 Å². The standard InChI is InChI=1S/C18H29NO2/c1-6-19-17(15-8-7-11-18(15,2)3)14-12-13(20-4)9-10-16(14)21-5/h9-10,12,15,17,19H,6-8,11H2,1-5H3. The van der Waals surface area contributed by atoms with Gasteiger partial charge in [-0.3, -0.25) is 0 Å². The van der Waals surface area contributed by atoms with Gasteiger partial charge in [0, 0.05) is 11.6 Å². The lowest BCUT2D eigenvalue weighted by atomic mass is 9.75. The van der Waals surface area contributed by atoms with E-state index in [0.717, 1.165) is 18.0 Å². The summed E-state index contributed by atoms with van der Waals surface area (Å²) in [4.78, 5) is 0. The van der Waals surface area contributed by atoms with Crippen LogP contribution in [0.3, 0.4) is 0 Å². The zero-order valence-electron chi connectivity index (χ0n) is 14.0. The molecule has 0 aromatic heterocycles. The molecule has 1 aromatic carbocycles. The minimum atomic E-state index is 0.317. The van der Waals surface area contributed by atoms with E-state index in [1.54, 1.807) is 14.2 Å². The lowest BCUT2D eigenvalue weighted by Crippen LogP contribution is -2.34. The highest BCUT2D eigenvalue weighted by atomic mass is 16.5. The summed E-state index contributed by atoms with van der Waals surface area (Å²) in [5.74, 6) is 2.47. The highest BCUT2D eigenvalue weighted by Crippen LogP contribution is 2.50. The van der Waals surface area contributed by atoms with Crippen LogP contribution in [-0.2, 0) is 0 Å². The maximum atomic E-state index is 5.60. The topological polar surface area (TPSA) is 30.5 Å². The number of hydrogen-bond acceptors (Lipinski definition) is 3. The first-order chi connectivity index (χ1) is 10.0. The summed E-state index contributed by atoms with van der Waals surface area (Å²) in [6.45, 7) is 7.91. The molecule has 0 aliphatic heterocycles. The van der Waals surface area contributed by atoms with Crippen molar-refractivity contribution in [2.75, 3.05) is 20.8 Å². The molecular formula is C18H29NO2. The fourth-order valence-electron chi connectivity index (χ4n) is 3.74. The molecule has 1 saturated carbocycles. The van der Waals surface area contributed by atoms with Gasteiger partial charge in [-0.05, 0) is 48.9 Å². The number of ether oxygens (including phenoxy) is 2. The van der Waals surface area contributed by atoms with E-state index < -0.39 is 0 Å². The molecule has 2 atom stereocenters. The SMILES string of the molecule is CCNC(c1cc(OC)ccc1OC)C1CCCC1(C)C. The van der Waals surface area contributed by atoms with Crippen LogP contribution in [-0.4, -0.2) is 20.8 Å². The molecule has 1 aromatic rings. The molecule has 2 rings (SSSR count). The van der Waals surface area contributed by atoms with Crippen molar-refractivity contribution in [3.63, 3.8) is 0 Å². The first kappa shape index (κ1) is 16.2. The second-order valence-electron chi connectivity index (χ2n) is 6.63. The monoisotopic (exact) mass is 291 g/mol. The van der Waals surface area contributed by atoms with E-state index in [-0.39, 0.29) is 0 Å². The van der Waals surface area contributed by atoms with Gasteiger partial charge in [-0.15, -0.1) is 0 Å². The van der Waals surface area contributed by atoms with Crippen molar-refractivity contribution >= 4 is 0 Å². The van der Waals surface area contributed by atoms with Gasteiger partial charge in [0.25, 0.3) is 0 Å². The minimum absolute atomic E-state index is 0.317. The Kier molecular flexibility index (Phi) is 5.15. The van der Waals surface area contributed by atoms with Gasteiger partial charge in [0.2, 0.25) is 0 Å². The van der Waals surface area contributed by atoms with Gasteiger partial charge in [-0.1, -0.05) is 27.2 Å². The van der Waals surface area contributed by atoms with Gasteiger partial charge < -0.3 is 14.8 Å². The Labute approximate surface area is 129 Å². The Morgan fingerprint density at radius 1 is 1.29 bits per heavy atom. The maximum absolute atomic E-state index is 5.60. The Bertz CT molecular complexity index is 470. The van der Waals surface area contributed by atoms with Crippen LogP contribution in [0.2, 0.25) is 0 Å². The first-order valence-electron chi connectivity index (χ1n) is 7.98. The van der Waals surface area contributed by atoms with Crippen molar-refractivity contribution in [2.24, 2.45) is 11.3 Å². The van der Waals surface area contributed by atoms with Gasteiger partial charge in [0.1, 0.15) is 11.5 Å². The predicted molar refractivity (Wildman–Crippen MR) is 87.1 cm³/mol. The third-order valence-corrected chi connectivity index (χ3v) is 4.94. The molecular weight excluding hydrogens is 262 g/mol. The average molecular weight is 291 g/mol. The van der Waals surface area contributed by atoms with E-state index >= 15 is 0 Å². The Morgan fingerprint density at radius 2 is 2.05 bits per heavy atom. The van der Waals surface area contributed by atoms with Crippen LogP contribution in [0.15, 0.2) is 18.2 Å². The van der Waals surface area contributed by atoms with Gasteiger partial charge in [-0.25, -0.2) is 0 Å². The summed E-state index contributed by atoms with van der Waals surface area (Å²) < 4.78 is 11.0. The summed E-state index contributed by atoms with van der Waals surface area (Å²) in [7, 11) is 3.46. The average Bonchev–Trinajstić information content (AvgIpc) is 2.83. The molecule has 2 unspecified atom stereocenters. The summed E-state index contributed by atoms with van der Waals surface area (Å²) >= 11 is 0. The van der Waals surface area contributed by atoms with Crippen LogP contribution in [0.4, 0.5) is 0 Å². The van der Waals surface area contributed by atoms with Gasteiger partial charge in [-0.2, -0.15) is 0 Å². The van der Waals surface area contributed by atoms with Crippen molar-refractivity contribution in [3.8, 4) is 11.5 Å². The zero-order chi connectivity index (χ0) is 15.5. The highest BCUT2D eigenvalue weighted by molar-refractivity contribution is 5.43. The Hall–Kier alpha value is -1.22. The van der Waals surface area contributed by atoms with Crippen molar-refractivity contribution in [1.29, 1.82) is 0 Å². The molecule has 0 heterocycles. The zero-order valence-corrected chi connectivity index (χ0v) is 14.0. The van der Waals surface area contributed by atoms with Crippen LogP contribution >= 0.6 is 0 Å². The predicted octanol–water partition coefficient (Wildman–Crippen LogP) is 4.18. The van der Waals surface area contributed by atoms with E-state index in [1.807, 2.05) is 12.1 Å². The van der Waals surface area contributed by atoms with E-state index in [0.29, 0.717) is 17.4 Å². The Morgan fingerprint density at radius 3 is 2.57 bits per heavy atom. The fraction of sp³-hybridized carbons (Fsp3) is 0.667. The first-order valence-corrected chi connectivity index (χ1v) is 7.98. The summed E-state index contributed by atoms with van der Waals surface area (Å²) in [6, 6.07) is 6.42. The highest BCUT2D eigenvalue weighted by Gasteiger charge is 2.40. The van der Waals surface area contributed by atoms with Crippen molar-refractivity contribution in [3.05, 3.63) is 23.8 Å². The third-order valence-electron chi connectivity index (χ3n) is 4.94. The lowest BCUT2D eigenvalue weighted by molar-refractivity contribution is 0.196. The number of rotatable bonds is 6. The molecule has 0 spiro atoms. The van der Waals surface area contributed by atoms with Gasteiger partial charge in [0.15, 0.2) is 0 Å².